The molecule has 30 heavy (non-hydrogen) atoms. The van der Waals surface area contributed by atoms with Gasteiger partial charge >= 0.3 is 6.03 Å². The standard InChI is InChI=1S/C24H25N3O3/c1-3-25-22(28)14-26(24(25)30)15(2)16-4-6-17(7-5-16)18-8-11-21-19(12-18)13-27(23(21)29)20-9-10-20/h4-8,11-12,15,20H,3,9-10,13-14H2,1-2H3/t15-/m1/s1. The van der Waals surface area contributed by atoms with Crippen molar-refractivity contribution in [3.05, 3.63) is 59.2 Å². The van der Waals surface area contributed by atoms with Gasteiger partial charge in [-0.3, -0.25) is 14.5 Å². The molecule has 1 saturated heterocycles. The first kappa shape index (κ1) is 18.9. The molecule has 1 aliphatic carbocycles. The Bertz CT molecular complexity index is 1040. The summed E-state index contributed by atoms with van der Waals surface area (Å²) in [5.74, 6) is 0.0214. The summed E-state index contributed by atoms with van der Waals surface area (Å²) in [6.45, 7) is 5.01. The first-order valence-corrected chi connectivity index (χ1v) is 10.6. The van der Waals surface area contributed by atoms with Gasteiger partial charge in [-0.1, -0.05) is 30.3 Å². The maximum atomic E-state index is 12.5. The third-order valence-corrected chi connectivity index (χ3v) is 6.52. The molecule has 1 saturated carbocycles. The monoisotopic (exact) mass is 403 g/mol. The fraction of sp³-hybridized carbons (Fsp3) is 0.375. The van der Waals surface area contributed by atoms with Gasteiger partial charge in [0.15, 0.2) is 0 Å². The molecule has 0 spiro atoms. The Labute approximate surface area is 176 Å². The first-order chi connectivity index (χ1) is 14.5. The van der Waals surface area contributed by atoms with E-state index in [4.69, 9.17) is 0 Å². The predicted molar refractivity (Wildman–Crippen MR) is 113 cm³/mol. The highest BCUT2D eigenvalue weighted by molar-refractivity contribution is 6.02. The maximum absolute atomic E-state index is 12.5. The predicted octanol–water partition coefficient (Wildman–Crippen LogP) is 3.82. The minimum atomic E-state index is -0.220. The van der Waals surface area contributed by atoms with Crippen LogP contribution >= 0.6 is 0 Å². The molecule has 0 N–H and O–H groups in total. The number of likely N-dealkylation sites (N-methyl/N-ethyl adjacent to an activating group) is 1. The summed E-state index contributed by atoms with van der Waals surface area (Å²) in [6, 6.07) is 14.2. The smallest absolute Gasteiger partial charge is 0.327 e. The van der Waals surface area contributed by atoms with Crippen LogP contribution in [0, 0.1) is 0 Å². The molecule has 0 unspecified atom stereocenters. The van der Waals surface area contributed by atoms with E-state index in [1.807, 2.05) is 55.1 Å². The second-order valence-corrected chi connectivity index (χ2v) is 8.38. The Kier molecular flexibility index (Phi) is 4.38. The topological polar surface area (TPSA) is 60.9 Å². The quantitative estimate of drug-likeness (QED) is 0.713. The van der Waals surface area contributed by atoms with Gasteiger partial charge in [0.1, 0.15) is 6.54 Å². The van der Waals surface area contributed by atoms with Gasteiger partial charge in [-0.25, -0.2) is 4.79 Å². The number of benzene rings is 2. The molecule has 2 aromatic carbocycles. The number of imide groups is 1. The number of fused-ring (bicyclic) bond motifs is 1. The second-order valence-electron chi connectivity index (χ2n) is 8.38. The third kappa shape index (κ3) is 2.98. The van der Waals surface area contributed by atoms with Gasteiger partial charge in [0.05, 0.1) is 6.04 Å². The minimum absolute atomic E-state index is 0.131. The Morgan fingerprint density at radius 1 is 0.967 bits per heavy atom. The molecular formula is C24H25N3O3. The fourth-order valence-corrected chi connectivity index (χ4v) is 4.51. The molecule has 2 aromatic rings. The van der Waals surface area contributed by atoms with Gasteiger partial charge in [0.25, 0.3) is 5.91 Å². The lowest BCUT2D eigenvalue weighted by Crippen LogP contribution is -2.34. The molecule has 0 aromatic heterocycles. The van der Waals surface area contributed by atoms with Crippen LogP contribution in [-0.2, 0) is 11.3 Å². The number of amides is 4. The zero-order chi connectivity index (χ0) is 21.0. The summed E-state index contributed by atoms with van der Waals surface area (Å²) in [4.78, 5) is 41.9. The fourth-order valence-electron chi connectivity index (χ4n) is 4.51. The number of hydrogen-bond acceptors (Lipinski definition) is 3. The van der Waals surface area contributed by atoms with Crippen LogP contribution in [0.4, 0.5) is 4.79 Å². The Morgan fingerprint density at radius 2 is 1.67 bits per heavy atom. The van der Waals surface area contributed by atoms with Crippen molar-refractivity contribution in [2.24, 2.45) is 0 Å². The second kappa shape index (κ2) is 6.97. The van der Waals surface area contributed by atoms with Gasteiger partial charge in [0.2, 0.25) is 5.91 Å². The minimum Gasteiger partial charge on any atom is -0.331 e. The number of nitrogens with zero attached hydrogens (tertiary/aromatic N) is 3. The molecule has 3 aliphatic rings. The van der Waals surface area contributed by atoms with Crippen LogP contribution < -0.4 is 0 Å². The average molecular weight is 403 g/mol. The van der Waals surface area contributed by atoms with Crippen LogP contribution in [0.25, 0.3) is 11.1 Å². The Morgan fingerprint density at radius 3 is 2.30 bits per heavy atom. The van der Waals surface area contributed by atoms with E-state index in [9.17, 15) is 14.4 Å². The molecule has 2 heterocycles. The van der Waals surface area contributed by atoms with Crippen molar-refractivity contribution >= 4 is 17.8 Å². The lowest BCUT2D eigenvalue weighted by atomic mass is 9.98. The number of hydrogen-bond donors (Lipinski definition) is 0. The summed E-state index contributed by atoms with van der Waals surface area (Å²) >= 11 is 0. The largest absolute Gasteiger partial charge is 0.331 e. The molecule has 5 rings (SSSR count). The summed E-state index contributed by atoms with van der Waals surface area (Å²) in [7, 11) is 0. The maximum Gasteiger partial charge on any atom is 0.327 e. The van der Waals surface area contributed by atoms with Crippen LogP contribution in [0.5, 0.6) is 0 Å². The lowest BCUT2D eigenvalue weighted by Gasteiger charge is -2.24. The molecule has 0 bridgehead atoms. The van der Waals surface area contributed by atoms with Crippen molar-refractivity contribution in [3.63, 3.8) is 0 Å². The van der Waals surface area contributed by atoms with Gasteiger partial charge < -0.3 is 9.80 Å². The van der Waals surface area contributed by atoms with Crippen LogP contribution in [0.15, 0.2) is 42.5 Å². The molecule has 2 aliphatic heterocycles. The first-order valence-electron chi connectivity index (χ1n) is 10.6. The zero-order valence-electron chi connectivity index (χ0n) is 17.3. The average Bonchev–Trinajstić information content (AvgIpc) is 3.49. The zero-order valence-corrected chi connectivity index (χ0v) is 17.3. The lowest BCUT2D eigenvalue weighted by molar-refractivity contribution is -0.125. The molecule has 4 amide bonds. The van der Waals surface area contributed by atoms with Crippen LogP contribution in [0.1, 0.15) is 54.2 Å². The van der Waals surface area contributed by atoms with Crippen molar-refractivity contribution in [2.45, 2.75) is 45.3 Å². The highest BCUT2D eigenvalue weighted by Crippen LogP contribution is 2.36. The van der Waals surface area contributed by atoms with E-state index in [-0.39, 0.29) is 30.4 Å². The van der Waals surface area contributed by atoms with Crippen molar-refractivity contribution in [3.8, 4) is 11.1 Å². The van der Waals surface area contributed by atoms with Crippen LogP contribution in [0.3, 0.4) is 0 Å². The van der Waals surface area contributed by atoms with E-state index in [2.05, 4.69) is 6.07 Å². The van der Waals surface area contributed by atoms with E-state index in [0.717, 1.165) is 40.7 Å². The van der Waals surface area contributed by atoms with Gasteiger partial charge in [-0.2, -0.15) is 0 Å². The van der Waals surface area contributed by atoms with E-state index in [0.29, 0.717) is 19.1 Å². The Balaban J connectivity index is 1.35. The van der Waals surface area contributed by atoms with E-state index in [1.165, 1.54) is 4.90 Å². The van der Waals surface area contributed by atoms with Gasteiger partial charge in [-0.05, 0) is 61.1 Å². The number of urea groups is 1. The molecule has 0 radical (unpaired) electrons. The van der Waals surface area contributed by atoms with Crippen LogP contribution in [0.2, 0.25) is 0 Å². The molecule has 154 valence electrons. The van der Waals surface area contributed by atoms with Gasteiger partial charge in [0, 0.05) is 24.7 Å². The van der Waals surface area contributed by atoms with Gasteiger partial charge in [-0.15, -0.1) is 0 Å². The third-order valence-electron chi connectivity index (χ3n) is 6.52. The van der Waals surface area contributed by atoms with Crippen molar-refractivity contribution in [1.82, 2.24) is 14.7 Å². The van der Waals surface area contributed by atoms with Crippen molar-refractivity contribution < 1.29 is 14.4 Å². The summed E-state index contributed by atoms with van der Waals surface area (Å²) in [6.07, 6.45) is 2.24. The van der Waals surface area contributed by atoms with E-state index in [1.54, 1.807) is 4.90 Å². The van der Waals surface area contributed by atoms with E-state index < -0.39 is 0 Å². The Hall–Kier alpha value is -3.15. The normalized spacial score (nSPS) is 19.7. The van der Waals surface area contributed by atoms with Crippen molar-refractivity contribution in [2.75, 3.05) is 13.1 Å². The molecule has 6 heteroatoms. The summed E-state index contributed by atoms with van der Waals surface area (Å²) in [5, 5.41) is 0. The number of carbonyl (C=O) groups excluding carboxylic acids is 3. The van der Waals surface area contributed by atoms with Crippen molar-refractivity contribution in [1.29, 1.82) is 0 Å². The molecule has 1 atom stereocenters. The SMILES string of the molecule is CCN1C(=O)CN([C@H](C)c2ccc(-c3ccc4c(c3)CN(C3CC3)C4=O)cc2)C1=O. The highest BCUT2D eigenvalue weighted by Gasteiger charge is 2.39. The number of carbonyl (C=O) groups is 3. The molecular weight excluding hydrogens is 378 g/mol. The molecule has 2 fully saturated rings. The number of rotatable bonds is 5. The van der Waals surface area contributed by atoms with Crippen LogP contribution in [-0.4, -0.2) is 51.7 Å². The molecule has 6 nitrogen and oxygen atoms in total. The summed E-state index contributed by atoms with van der Waals surface area (Å²) in [5.41, 5.74) is 5.08. The summed E-state index contributed by atoms with van der Waals surface area (Å²) < 4.78 is 0. The van der Waals surface area contributed by atoms with E-state index >= 15 is 0 Å². The highest BCUT2D eigenvalue weighted by atomic mass is 16.2.